The van der Waals surface area contributed by atoms with Gasteiger partial charge in [0.25, 0.3) is 0 Å². The summed E-state index contributed by atoms with van der Waals surface area (Å²) in [5.41, 5.74) is -1.85. The predicted octanol–water partition coefficient (Wildman–Crippen LogP) is 4.69. The molecule has 1 aromatic heterocycles. The maximum atomic E-state index is 12.8. The van der Waals surface area contributed by atoms with E-state index in [4.69, 9.17) is 51.1 Å². The van der Waals surface area contributed by atoms with Gasteiger partial charge in [0.05, 0.1) is 6.54 Å². The Balaban J connectivity index is 2.56. The summed E-state index contributed by atoms with van der Waals surface area (Å²) in [6.45, 7) is -0.371. The van der Waals surface area contributed by atoms with Gasteiger partial charge in [-0.15, -0.1) is 0 Å². The molecule has 142 valence electrons. The van der Waals surface area contributed by atoms with E-state index in [0.717, 1.165) is 11.0 Å². The van der Waals surface area contributed by atoms with Gasteiger partial charge in [0, 0.05) is 11.4 Å². The van der Waals surface area contributed by atoms with Crippen molar-refractivity contribution >= 4 is 52.4 Å². The van der Waals surface area contributed by atoms with Gasteiger partial charge in [-0.3, -0.25) is 0 Å². The molecule has 0 fully saturated rings. The van der Waals surface area contributed by atoms with Gasteiger partial charge >= 0.3 is 12.1 Å². The molecule has 0 radical (unpaired) electrons. The second kappa shape index (κ2) is 7.80. The van der Waals surface area contributed by atoms with Crippen LogP contribution < -0.4 is 0 Å². The van der Waals surface area contributed by atoms with E-state index >= 15 is 0 Å². The third-order valence-electron chi connectivity index (χ3n) is 3.26. The van der Waals surface area contributed by atoms with E-state index < -0.39 is 28.0 Å². The smallest absolute Gasteiger partial charge is 0.445 e. The van der Waals surface area contributed by atoms with Crippen molar-refractivity contribution in [2.45, 2.75) is 28.5 Å². The van der Waals surface area contributed by atoms with E-state index in [1.165, 1.54) is 30.6 Å². The number of alkyl halides is 6. The third kappa shape index (κ3) is 5.64. The van der Waals surface area contributed by atoms with Crippen LogP contribution in [0.3, 0.4) is 0 Å². The molecule has 2 aromatic rings. The van der Waals surface area contributed by atoms with E-state index in [9.17, 15) is 18.0 Å². The van der Waals surface area contributed by atoms with Gasteiger partial charge in [-0.05, 0) is 17.7 Å². The predicted molar refractivity (Wildman–Crippen MR) is 90.2 cm³/mol. The molecule has 1 heterocycles. The van der Waals surface area contributed by atoms with Crippen molar-refractivity contribution in [2.75, 3.05) is 0 Å². The zero-order chi connectivity index (χ0) is 19.6. The maximum Gasteiger partial charge on any atom is 0.490 e. The van der Waals surface area contributed by atoms with Crippen LogP contribution in [0, 0.1) is 0 Å². The fourth-order valence-corrected chi connectivity index (χ4v) is 3.04. The normalized spacial score (nSPS) is 14.7. The van der Waals surface area contributed by atoms with Gasteiger partial charge in [-0.25, -0.2) is 14.5 Å². The highest BCUT2D eigenvalue weighted by atomic mass is 35.6. The minimum absolute atomic E-state index is 0.140. The van der Waals surface area contributed by atoms with Gasteiger partial charge in [0.1, 0.15) is 12.7 Å². The summed E-state index contributed by atoms with van der Waals surface area (Å²) in [7, 11) is 0. The Morgan fingerprint density at radius 3 is 2.23 bits per heavy atom. The second-order valence-corrected chi connectivity index (χ2v) is 8.23. The molecule has 1 aromatic carbocycles. The summed E-state index contributed by atoms with van der Waals surface area (Å²) in [5, 5.41) is 4.14. The largest absolute Gasteiger partial charge is 0.490 e. The lowest BCUT2D eigenvalue weighted by atomic mass is 9.90. The minimum Gasteiger partial charge on any atom is -0.445 e. The van der Waals surface area contributed by atoms with Crippen LogP contribution in [0.2, 0.25) is 5.02 Å². The number of esters is 1. The molecule has 0 aliphatic heterocycles. The van der Waals surface area contributed by atoms with Gasteiger partial charge < -0.3 is 4.74 Å². The first-order chi connectivity index (χ1) is 11.9. The quantitative estimate of drug-likeness (QED) is 0.489. The number of ether oxygens (including phenoxy) is 1. The Morgan fingerprint density at radius 1 is 1.15 bits per heavy atom. The molecular formula is C14H10Cl4F3N3O2. The van der Waals surface area contributed by atoms with E-state index in [0.29, 0.717) is 5.02 Å². The SMILES string of the molecule is O=C(OC(Cn1cncn1)(CC(Cl)(Cl)Cl)c1ccc(Cl)cc1)C(F)(F)F. The van der Waals surface area contributed by atoms with E-state index in [1.54, 1.807) is 0 Å². The number of hydrogen-bond donors (Lipinski definition) is 0. The van der Waals surface area contributed by atoms with Crippen LogP contribution in [-0.2, 0) is 21.7 Å². The lowest BCUT2D eigenvalue weighted by Gasteiger charge is -2.36. The highest BCUT2D eigenvalue weighted by Gasteiger charge is 2.50. The third-order valence-corrected chi connectivity index (χ3v) is 3.91. The summed E-state index contributed by atoms with van der Waals surface area (Å²) in [4.78, 5) is 15.3. The molecule has 1 atom stereocenters. The van der Waals surface area contributed by atoms with Crippen LogP contribution in [0.1, 0.15) is 12.0 Å². The number of carbonyl (C=O) groups excluding carboxylic acids is 1. The lowest BCUT2D eigenvalue weighted by Crippen LogP contribution is -2.43. The van der Waals surface area contributed by atoms with Crippen LogP contribution in [0.5, 0.6) is 0 Å². The standard InChI is InChI=1S/C14H10Cl4F3N3O2/c15-10-3-1-9(2-4-10)12(5-13(16,17)18,6-24-8-22-7-23-24)26-11(25)14(19,20)21/h1-4,7-8H,5-6H2. The van der Waals surface area contributed by atoms with Crippen molar-refractivity contribution in [3.63, 3.8) is 0 Å². The van der Waals surface area contributed by atoms with Crippen molar-refractivity contribution in [2.24, 2.45) is 0 Å². The molecule has 0 aliphatic carbocycles. The summed E-state index contributed by atoms with van der Waals surface area (Å²) in [6, 6.07) is 5.57. The molecule has 5 nitrogen and oxygen atoms in total. The fourth-order valence-electron chi connectivity index (χ4n) is 2.27. The second-order valence-electron chi connectivity index (χ2n) is 5.27. The van der Waals surface area contributed by atoms with Crippen molar-refractivity contribution in [1.29, 1.82) is 0 Å². The number of halogens is 7. The minimum atomic E-state index is -5.24. The molecule has 2 rings (SSSR count). The van der Waals surface area contributed by atoms with Gasteiger partial charge in [-0.2, -0.15) is 18.3 Å². The van der Waals surface area contributed by atoms with E-state index in [1.807, 2.05) is 0 Å². The van der Waals surface area contributed by atoms with E-state index in [-0.39, 0.29) is 12.1 Å². The summed E-state index contributed by atoms with van der Waals surface area (Å²) >= 11 is 23.3. The van der Waals surface area contributed by atoms with Gasteiger partial charge in [-0.1, -0.05) is 58.5 Å². The van der Waals surface area contributed by atoms with Crippen LogP contribution in [-0.4, -0.2) is 30.7 Å². The van der Waals surface area contributed by atoms with Crippen molar-refractivity contribution in [3.05, 3.63) is 47.5 Å². The fraction of sp³-hybridized carbons (Fsp3) is 0.357. The average Bonchev–Trinajstić information content (AvgIpc) is 2.97. The van der Waals surface area contributed by atoms with Gasteiger partial charge in [0.2, 0.25) is 0 Å². The van der Waals surface area contributed by atoms with E-state index in [2.05, 4.69) is 10.1 Å². The number of nitrogens with zero attached hydrogens (tertiary/aromatic N) is 3. The molecule has 0 N–H and O–H groups in total. The summed E-state index contributed by atoms with van der Waals surface area (Å²) in [5.74, 6) is -2.43. The summed E-state index contributed by atoms with van der Waals surface area (Å²) < 4.78 is 42.5. The van der Waals surface area contributed by atoms with Crippen LogP contribution >= 0.6 is 46.4 Å². The molecule has 0 amide bonds. The van der Waals surface area contributed by atoms with Crippen molar-refractivity contribution < 1.29 is 22.7 Å². The molecule has 1 unspecified atom stereocenters. The molecule has 12 heteroatoms. The maximum absolute atomic E-state index is 12.8. The lowest BCUT2D eigenvalue weighted by molar-refractivity contribution is -0.217. The molecule has 0 saturated heterocycles. The topological polar surface area (TPSA) is 57.0 Å². The Labute approximate surface area is 165 Å². The van der Waals surface area contributed by atoms with Gasteiger partial charge in [0.15, 0.2) is 9.39 Å². The average molecular weight is 451 g/mol. The first kappa shape index (κ1) is 21.1. The number of rotatable bonds is 5. The zero-order valence-corrected chi connectivity index (χ0v) is 15.7. The number of aromatic nitrogens is 3. The van der Waals surface area contributed by atoms with Crippen LogP contribution in [0.4, 0.5) is 13.2 Å². The molecule has 26 heavy (non-hydrogen) atoms. The summed E-state index contributed by atoms with van der Waals surface area (Å²) in [6.07, 6.45) is -3.43. The molecule has 0 aliphatic rings. The molecule has 0 saturated carbocycles. The molecule has 0 bridgehead atoms. The number of carbonyl (C=O) groups is 1. The Kier molecular flexibility index (Phi) is 6.32. The zero-order valence-electron chi connectivity index (χ0n) is 12.7. The number of hydrogen-bond acceptors (Lipinski definition) is 4. The Hall–Kier alpha value is -1.22. The monoisotopic (exact) mass is 449 g/mol. The molecule has 0 spiro atoms. The highest BCUT2D eigenvalue weighted by molar-refractivity contribution is 6.67. The highest BCUT2D eigenvalue weighted by Crippen LogP contribution is 2.44. The number of benzene rings is 1. The molecular weight excluding hydrogens is 441 g/mol. The Morgan fingerprint density at radius 2 is 1.77 bits per heavy atom. The first-order valence-corrected chi connectivity index (χ1v) is 8.38. The van der Waals surface area contributed by atoms with Crippen LogP contribution in [0.15, 0.2) is 36.9 Å². The first-order valence-electron chi connectivity index (χ1n) is 6.87. The van der Waals surface area contributed by atoms with Crippen LogP contribution in [0.25, 0.3) is 0 Å². The Bertz CT molecular complexity index is 748. The van der Waals surface area contributed by atoms with Crippen molar-refractivity contribution in [1.82, 2.24) is 14.8 Å². The van der Waals surface area contributed by atoms with Crippen molar-refractivity contribution in [3.8, 4) is 0 Å².